The fourth-order valence-electron chi connectivity index (χ4n) is 1.97. The SMILES string of the molecule is Cc1cc(CO)ccc1-c1cccc(C(=O)O)c1. The van der Waals surface area contributed by atoms with Gasteiger partial charge >= 0.3 is 5.97 Å². The first-order valence-electron chi connectivity index (χ1n) is 5.66. The Kier molecular flexibility index (Phi) is 3.44. The quantitative estimate of drug-likeness (QED) is 0.870. The summed E-state index contributed by atoms with van der Waals surface area (Å²) in [7, 11) is 0. The molecule has 0 heterocycles. The Hall–Kier alpha value is -2.13. The molecule has 0 unspecified atom stereocenters. The van der Waals surface area contributed by atoms with Crippen molar-refractivity contribution in [3.8, 4) is 11.1 Å². The maximum absolute atomic E-state index is 10.9. The van der Waals surface area contributed by atoms with E-state index in [1.54, 1.807) is 18.2 Å². The Morgan fingerprint density at radius 2 is 1.94 bits per heavy atom. The molecule has 18 heavy (non-hydrogen) atoms. The van der Waals surface area contributed by atoms with Crippen molar-refractivity contribution in [3.05, 3.63) is 59.2 Å². The van der Waals surface area contributed by atoms with Crippen LogP contribution in [0.15, 0.2) is 42.5 Å². The number of benzene rings is 2. The van der Waals surface area contributed by atoms with Gasteiger partial charge in [0.25, 0.3) is 0 Å². The lowest BCUT2D eigenvalue weighted by Gasteiger charge is -2.08. The molecule has 2 aromatic rings. The Morgan fingerprint density at radius 1 is 1.17 bits per heavy atom. The van der Waals surface area contributed by atoms with Crippen molar-refractivity contribution >= 4 is 5.97 Å². The van der Waals surface area contributed by atoms with Gasteiger partial charge in [-0.15, -0.1) is 0 Å². The molecule has 0 aromatic heterocycles. The minimum absolute atomic E-state index is 0.0102. The monoisotopic (exact) mass is 242 g/mol. The zero-order valence-corrected chi connectivity index (χ0v) is 10.1. The molecule has 2 N–H and O–H groups in total. The van der Waals surface area contributed by atoms with Gasteiger partial charge in [0.1, 0.15) is 0 Å². The molecule has 92 valence electrons. The summed E-state index contributed by atoms with van der Waals surface area (Å²) < 4.78 is 0. The largest absolute Gasteiger partial charge is 0.478 e. The molecule has 0 spiro atoms. The number of aliphatic hydroxyl groups excluding tert-OH is 1. The number of carbonyl (C=O) groups is 1. The maximum atomic E-state index is 10.9. The van der Waals surface area contributed by atoms with Gasteiger partial charge in [-0.3, -0.25) is 0 Å². The molecule has 0 radical (unpaired) electrons. The van der Waals surface area contributed by atoms with Gasteiger partial charge in [-0.05, 0) is 41.3 Å². The Balaban J connectivity index is 2.48. The van der Waals surface area contributed by atoms with Crippen LogP contribution in [-0.4, -0.2) is 16.2 Å². The maximum Gasteiger partial charge on any atom is 0.335 e. The van der Waals surface area contributed by atoms with Gasteiger partial charge < -0.3 is 10.2 Å². The molecule has 2 rings (SSSR count). The first-order valence-corrected chi connectivity index (χ1v) is 5.66. The summed E-state index contributed by atoms with van der Waals surface area (Å²) in [5.74, 6) is -0.929. The molecule has 2 aromatic carbocycles. The van der Waals surface area contributed by atoms with Crippen LogP contribution in [0.1, 0.15) is 21.5 Å². The van der Waals surface area contributed by atoms with Gasteiger partial charge in [0.05, 0.1) is 12.2 Å². The second-order valence-corrected chi connectivity index (χ2v) is 4.19. The third kappa shape index (κ3) is 2.41. The fraction of sp³-hybridized carbons (Fsp3) is 0.133. The van der Waals surface area contributed by atoms with Crippen LogP contribution in [0.3, 0.4) is 0 Å². The highest BCUT2D eigenvalue weighted by Gasteiger charge is 2.07. The van der Waals surface area contributed by atoms with Crippen molar-refractivity contribution in [2.75, 3.05) is 0 Å². The average Bonchev–Trinajstić information content (AvgIpc) is 2.38. The van der Waals surface area contributed by atoms with Gasteiger partial charge in [0, 0.05) is 0 Å². The number of rotatable bonds is 3. The lowest BCUT2D eigenvalue weighted by atomic mass is 9.97. The fourth-order valence-corrected chi connectivity index (χ4v) is 1.97. The van der Waals surface area contributed by atoms with Crippen LogP contribution >= 0.6 is 0 Å². The molecular formula is C15H14O3. The highest BCUT2D eigenvalue weighted by molar-refractivity contribution is 5.89. The number of carboxylic acid groups (broad SMARTS) is 1. The van der Waals surface area contributed by atoms with Crippen LogP contribution in [0.2, 0.25) is 0 Å². The number of aliphatic hydroxyl groups is 1. The van der Waals surface area contributed by atoms with Crippen molar-refractivity contribution < 1.29 is 15.0 Å². The van der Waals surface area contributed by atoms with Crippen LogP contribution in [0.5, 0.6) is 0 Å². The molecule has 3 nitrogen and oxygen atoms in total. The van der Waals surface area contributed by atoms with Gasteiger partial charge in [0.15, 0.2) is 0 Å². The number of hydrogen-bond donors (Lipinski definition) is 2. The van der Waals surface area contributed by atoms with Gasteiger partial charge in [0.2, 0.25) is 0 Å². The van der Waals surface area contributed by atoms with Crippen molar-refractivity contribution in [3.63, 3.8) is 0 Å². The van der Waals surface area contributed by atoms with Crippen LogP contribution in [0.4, 0.5) is 0 Å². The standard InChI is InChI=1S/C15H14O3/c1-10-7-11(9-16)5-6-14(10)12-3-2-4-13(8-12)15(17)18/h2-8,16H,9H2,1H3,(H,17,18). The van der Waals surface area contributed by atoms with E-state index < -0.39 is 5.97 Å². The van der Waals surface area contributed by atoms with Crippen molar-refractivity contribution in [2.45, 2.75) is 13.5 Å². The molecular weight excluding hydrogens is 228 g/mol. The third-order valence-electron chi connectivity index (χ3n) is 2.89. The molecule has 0 saturated carbocycles. The van der Waals surface area contributed by atoms with E-state index in [1.807, 2.05) is 31.2 Å². The predicted octanol–water partition coefficient (Wildman–Crippen LogP) is 2.85. The lowest BCUT2D eigenvalue weighted by molar-refractivity contribution is 0.0697. The molecule has 0 fully saturated rings. The summed E-state index contributed by atoms with van der Waals surface area (Å²) in [4.78, 5) is 10.9. The number of aryl methyl sites for hydroxylation is 1. The molecule has 0 aliphatic rings. The minimum Gasteiger partial charge on any atom is -0.478 e. The summed E-state index contributed by atoms with van der Waals surface area (Å²) in [5.41, 5.74) is 4.00. The zero-order chi connectivity index (χ0) is 13.1. The van der Waals surface area contributed by atoms with Crippen molar-refractivity contribution in [1.29, 1.82) is 0 Å². The Bertz CT molecular complexity index is 588. The molecule has 0 aliphatic carbocycles. The van der Waals surface area contributed by atoms with Crippen LogP contribution < -0.4 is 0 Å². The van der Waals surface area contributed by atoms with E-state index in [0.717, 1.165) is 22.3 Å². The van der Waals surface area contributed by atoms with E-state index in [1.165, 1.54) is 0 Å². The highest BCUT2D eigenvalue weighted by atomic mass is 16.4. The molecule has 0 atom stereocenters. The molecule has 0 aliphatic heterocycles. The van der Waals surface area contributed by atoms with E-state index in [9.17, 15) is 4.79 Å². The van der Waals surface area contributed by atoms with E-state index in [2.05, 4.69) is 0 Å². The van der Waals surface area contributed by atoms with E-state index in [4.69, 9.17) is 10.2 Å². The minimum atomic E-state index is -0.929. The number of hydrogen-bond acceptors (Lipinski definition) is 2. The molecule has 0 saturated heterocycles. The third-order valence-corrected chi connectivity index (χ3v) is 2.89. The Labute approximate surface area is 105 Å². The van der Waals surface area contributed by atoms with Gasteiger partial charge in [-0.2, -0.15) is 0 Å². The van der Waals surface area contributed by atoms with Crippen molar-refractivity contribution in [1.82, 2.24) is 0 Å². The van der Waals surface area contributed by atoms with E-state index >= 15 is 0 Å². The molecule has 0 bridgehead atoms. The van der Waals surface area contributed by atoms with Crippen LogP contribution in [0.25, 0.3) is 11.1 Å². The molecule has 0 amide bonds. The van der Waals surface area contributed by atoms with E-state index in [-0.39, 0.29) is 12.2 Å². The summed E-state index contributed by atoms with van der Waals surface area (Å²) in [5, 5.41) is 18.0. The van der Waals surface area contributed by atoms with Crippen molar-refractivity contribution in [2.24, 2.45) is 0 Å². The summed E-state index contributed by atoms with van der Waals surface area (Å²) >= 11 is 0. The van der Waals surface area contributed by atoms with Crippen LogP contribution in [-0.2, 0) is 6.61 Å². The summed E-state index contributed by atoms with van der Waals surface area (Å²) in [6, 6.07) is 12.5. The normalized spacial score (nSPS) is 10.3. The smallest absolute Gasteiger partial charge is 0.335 e. The predicted molar refractivity (Wildman–Crippen MR) is 69.5 cm³/mol. The zero-order valence-electron chi connectivity index (χ0n) is 10.1. The summed E-state index contributed by atoms with van der Waals surface area (Å²) in [6.45, 7) is 1.96. The second kappa shape index (κ2) is 5.02. The topological polar surface area (TPSA) is 57.5 Å². The van der Waals surface area contributed by atoms with E-state index in [0.29, 0.717) is 0 Å². The number of aromatic carboxylic acids is 1. The molecule has 3 heteroatoms. The Morgan fingerprint density at radius 3 is 2.56 bits per heavy atom. The number of carboxylic acids is 1. The first-order chi connectivity index (χ1) is 8.61. The van der Waals surface area contributed by atoms with Crippen LogP contribution in [0, 0.1) is 6.92 Å². The average molecular weight is 242 g/mol. The van der Waals surface area contributed by atoms with Gasteiger partial charge in [-0.1, -0.05) is 30.3 Å². The highest BCUT2D eigenvalue weighted by Crippen LogP contribution is 2.25. The lowest BCUT2D eigenvalue weighted by Crippen LogP contribution is -1.96. The van der Waals surface area contributed by atoms with Gasteiger partial charge in [-0.25, -0.2) is 4.79 Å². The second-order valence-electron chi connectivity index (χ2n) is 4.19. The summed E-state index contributed by atoms with van der Waals surface area (Å²) in [6.07, 6.45) is 0. The first kappa shape index (κ1) is 12.3.